The van der Waals surface area contributed by atoms with E-state index in [1.165, 1.54) is 6.20 Å². The van der Waals surface area contributed by atoms with Crippen molar-refractivity contribution >= 4 is 5.82 Å². The molecule has 0 unspecified atom stereocenters. The normalized spacial score (nSPS) is 15.3. The zero-order valence-corrected chi connectivity index (χ0v) is 14.7. The summed E-state index contributed by atoms with van der Waals surface area (Å²) in [5.74, 6) is -0.243. The van der Waals surface area contributed by atoms with Gasteiger partial charge in [0, 0.05) is 11.2 Å². The molecule has 0 radical (unpaired) electrons. The molecule has 3 heterocycles. The molecule has 1 aliphatic rings. The Balaban J connectivity index is 1.41. The molecule has 0 spiro atoms. The van der Waals surface area contributed by atoms with Gasteiger partial charge in [-0.1, -0.05) is 12.1 Å². The maximum Gasteiger partial charge on any atom is 0.414 e. The molecular formula is C19H15N5O4. The van der Waals surface area contributed by atoms with Crippen LogP contribution in [0.1, 0.15) is 11.3 Å². The van der Waals surface area contributed by atoms with E-state index in [2.05, 4.69) is 16.0 Å². The topological polar surface area (TPSA) is 116 Å². The van der Waals surface area contributed by atoms with E-state index < -0.39 is 4.92 Å². The Bertz CT molecular complexity index is 1050. The Kier molecular flexibility index (Phi) is 4.70. The molecule has 3 aromatic rings. The fraction of sp³-hybridized carbons (Fsp3) is 0.211. The standard InChI is InChI=1S/C19H15N5O4/c20-8-13-1-3-14(4-2-13)15-5-6-21-16(7-15)11-27-17-9-23-10-18(24(25)26)22-19(23)28-12-17/h1-7,10,17H,9,11-12H2/t17-/m0/s1. The Morgan fingerprint density at radius 2 is 2.14 bits per heavy atom. The first-order valence-corrected chi connectivity index (χ1v) is 8.54. The fourth-order valence-electron chi connectivity index (χ4n) is 2.94. The Hall–Kier alpha value is -3.77. The van der Waals surface area contributed by atoms with E-state index in [1.807, 2.05) is 24.3 Å². The maximum atomic E-state index is 10.8. The summed E-state index contributed by atoms with van der Waals surface area (Å²) in [6, 6.07) is 13.5. The summed E-state index contributed by atoms with van der Waals surface area (Å²) < 4.78 is 12.9. The molecule has 4 rings (SSSR count). The Labute approximate surface area is 159 Å². The predicted molar refractivity (Wildman–Crippen MR) is 97.3 cm³/mol. The highest BCUT2D eigenvalue weighted by Crippen LogP contribution is 2.24. The van der Waals surface area contributed by atoms with Crippen molar-refractivity contribution in [3.63, 3.8) is 0 Å². The second-order valence-corrected chi connectivity index (χ2v) is 6.26. The number of aromatic nitrogens is 3. The summed E-state index contributed by atoms with van der Waals surface area (Å²) in [5.41, 5.74) is 3.33. The highest BCUT2D eigenvalue weighted by molar-refractivity contribution is 5.64. The lowest BCUT2D eigenvalue weighted by Crippen LogP contribution is -2.32. The van der Waals surface area contributed by atoms with Crippen LogP contribution in [0.25, 0.3) is 11.1 Å². The fourth-order valence-corrected chi connectivity index (χ4v) is 2.94. The van der Waals surface area contributed by atoms with E-state index in [4.69, 9.17) is 14.7 Å². The number of pyridine rings is 1. The number of fused-ring (bicyclic) bond motifs is 1. The molecule has 9 heteroatoms. The van der Waals surface area contributed by atoms with E-state index in [1.54, 1.807) is 22.9 Å². The van der Waals surface area contributed by atoms with Crippen molar-refractivity contribution < 1.29 is 14.4 Å². The largest absolute Gasteiger partial charge is 0.443 e. The van der Waals surface area contributed by atoms with Gasteiger partial charge in [0.1, 0.15) is 18.9 Å². The van der Waals surface area contributed by atoms with Gasteiger partial charge in [-0.3, -0.25) is 9.55 Å². The van der Waals surface area contributed by atoms with Gasteiger partial charge in [-0.15, -0.1) is 0 Å². The maximum absolute atomic E-state index is 10.8. The minimum Gasteiger partial charge on any atom is -0.443 e. The van der Waals surface area contributed by atoms with Gasteiger partial charge in [-0.2, -0.15) is 5.26 Å². The molecule has 9 nitrogen and oxygen atoms in total. The van der Waals surface area contributed by atoms with Crippen LogP contribution < -0.4 is 4.74 Å². The van der Waals surface area contributed by atoms with Gasteiger partial charge in [0.25, 0.3) is 0 Å². The molecule has 0 saturated heterocycles. The first-order chi connectivity index (χ1) is 13.6. The van der Waals surface area contributed by atoms with Gasteiger partial charge in [-0.05, 0) is 40.3 Å². The van der Waals surface area contributed by atoms with Crippen LogP contribution in [0.15, 0.2) is 48.8 Å². The van der Waals surface area contributed by atoms with Gasteiger partial charge in [0.05, 0.1) is 30.5 Å². The lowest BCUT2D eigenvalue weighted by Gasteiger charge is -2.22. The van der Waals surface area contributed by atoms with Gasteiger partial charge >= 0.3 is 11.8 Å². The van der Waals surface area contributed by atoms with E-state index in [-0.39, 0.29) is 31.1 Å². The van der Waals surface area contributed by atoms with Crippen LogP contribution in [-0.2, 0) is 17.9 Å². The highest BCUT2D eigenvalue weighted by atomic mass is 16.6. The quantitative estimate of drug-likeness (QED) is 0.496. The molecule has 0 fully saturated rings. The van der Waals surface area contributed by atoms with Crippen LogP contribution in [0.5, 0.6) is 6.01 Å². The third kappa shape index (κ3) is 3.67. The summed E-state index contributed by atoms with van der Waals surface area (Å²) in [6.45, 7) is 0.971. The SMILES string of the molecule is N#Cc1ccc(-c2ccnc(CO[C@@H]3COc4nc([N+](=O)[O-])cn4C3)c2)cc1. The van der Waals surface area contributed by atoms with E-state index in [9.17, 15) is 10.1 Å². The highest BCUT2D eigenvalue weighted by Gasteiger charge is 2.28. The zero-order chi connectivity index (χ0) is 19.5. The summed E-state index contributed by atoms with van der Waals surface area (Å²) >= 11 is 0. The summed E-state index contributed by atoms with van der Waals surface area (Å²) in [5, 5.41) is 19.7. The second-order valence-electron chi connectivity index (χ2n) is 6.26. The van der Waals surface area contributed by atoms with Gasteiger partial charge < -0.3 is 19.6 Å². The predicted octanol–water partition coefficient (Wildman–Crippen LogP) is 2.70. The summed E-state index contributed by atoms with van der Waals surface area (Å²) in [6.07, 6.45) is 2.79. The molecule has 0 saturated carbocycles. The molecule has 0 N–H and O–H groups in total. The number of imidazole rings is 1. The monoisotopic (exact) mass is 377 g/mol. The van der Waals surface area contributed by atoms with Crippen LogP contribution in [0.3, 0.4) is 0 Å². The minimum absolute atomic E-state index is 0.229. The van der Waals surface area contributed by atoms with E-state index >= 15 is 0 Å². The van der Waals surface area contributed by atoms with Gasteiger partial charge in [0.2, 0.25) is 0 Å². The Morgan fingerprint density at radius 1 is 1.32 bits per heavy atom. The van der Waals surface area contributed by atoms with Crippen LogP contribution >= 0.6 is 0 Å². The van der Waals surface area contributed by atoms with Crippen molar-refractivity contribution in [3.8, 4) is 23.2 Å². The second kappa shape index (κ2) is 7.46. The van der Waals surface area contributed by atoms with Crippen molar-refractivity contribution in [1.29, 1.82) is 5.26 Å². The van der Waals surface area contributed by atoms with Crippen molar-refractivity contribution in [3.05, 3.63) is 70.2 Å². The van der Waals surface area contributed by atoms with Crippen molar-refractivity contribution in [2.45, 2.75) is 19.3 Å². The zero-order valence-electron chi connectivity index (χ0n) is 14.7. The van der Waals surface area contributed by atoms with Gasteiger partial charge in [-0.25, -0.2) is 0 Å². The van der Waals surface area contributed by atoms with E-state index in [0.29, 0.717) is 12.1 Å². The molecule has 1 aliphatic heterocycles. The lowest BCUT2D eigenvalue weighted by molar-refractivity contribution is -0.389. The third-order valence-electron chi connectivity index (χ3n) is 4.34. The van der Waals surface area contributed by atoms with Crippen LogP contribution in [-0.4, -0.2) is 32.2 Å². The number of rotatable bonds is 5. The number of hydrogen-bond acceptors (Lipinski definition) is 7. The molecule has 0 bridgehead atoms. The van der Waals surface area contributed by atoms with Crippen LogP contribution in [0, 0.1) is 21.4 Å². The van der Waals surface area contributed by atoms with Crippen molar-refractivity contribution in [2.75, 3.05) is 6.61 Å². The molecule has 2 aromatic heterocycles. The number of ether oxygens (including phenoxy) is 2. The van der Waals surface area contributed by atoms with Crippen molar-refractivity contribution in [2.24, 2.45) is 0 Å². The summed E-state index contributed by atoms with van der Waals surface area (Å²) in [7, 11) is 0. The van der Waals surface area contributed by atoms with Gasteiger partial charge in [0.15, 0.2) is 0 Å². The molecule has 1 atom stereocenters. The number of benzene rings is 1. The first-order valence-electron chi connectivity index (χ1n) is 8.54. The number of nitro groups is 1. The average molecular weight is 377 g/mol. The summed E-state index contributed by atoms with van der Waals surface area (Å²) in [4.78, 5) is 18.4. The average Bonchev–Trinajstić information content (AvgIpc) is 3.16. The third-order valence-corrected chi connectivity index (χ3v) is 4.34. The van der Waals surface area contributed by atoms with Crippen LogP contribution in [0.4, 0.5) is 5.82 Å². The minimum atomic E-state index is -0.552. The molecular weight excluding hydrogens is 362 g/mol. The molecule has 140 valence electrons. The molecule has 0 amide bonds. The smallest absolute Gasteiger partial charge is 0.414 e. The van der Waals surface area contributed by atoms with Crippen LogP contribution in [0.2, 0.25) is 0 Å². The van der Waals surface area contributed by atoms with E-state index in [0.717, 1.165) is 16.8 Å². The first kappa shape index (κ1) is 17.6. The molecule has 28 heavy (non-hydrogen) atoms. The molecule has 0 aliphatic carbocycles. The Morgan fingerprint density at radius 3 is 2.89 bits per heavy atom. The van der Waals surface area contributed by atoms with Crippen molar-refractivity contribution in [1.82, 2.24) is 14.5 Å². The number of nitriles is 1. The molecule has 1 aromatic carbocycles. The number of hydrogen-bond donors (Lipinski definition) is 0. The lowest BCUT2D eigenvalue weighted by atomic mass is 10.0. The number of nitrogens with zero attached hydrogens (tertiary/aromatic N) is 5.